The summed E-state index contributed by atoms with van der Waals surface area (Å²) in [7, 11) is 0. The molecule has 7 aromatic rings. The van der Waals surface area contributed by atoms with Crippen molar-refractivity contribution < 1.29 is 9.13 Å². The van der Waals surface area contributed by atoms with Gasteiger partial charge >= 0.3 is 0 Å². The Hall–Kier alpha value is -5.93. The second-order valence-corrected chi connectivity index (χ2v) is 17.2. The van der Waals surface area contributed by atoms with Crippen molar-refractivity contribution in [2.24, 2.45) is 0 Å². The van der Waals surface area contributed by atoms with E-state index in [0.29, 0.717) is 0 Å². The van der Waals surface area contributed by atoms with Crippen molar-refractivity contribution in [2.45, 2.75) is 64.9 Å². The molecular formula is C52H46FNO. The molecule has 272 valence electrons. The molecule has 1 unspecified atom stereocenters. The molecule has 7 aromatic carbocycles. The minimum Gasteiger partial charge on any atom is -0.472 e. The first-order valence-electron chi connectivity index (χ1n) is 19.3. The Labute approximate surface area is 324 Å². The van der Waals surface area contributed by atoms with Crippen molar-refractivity contribution in [1.82, 2.24) is 0 Å². The van der Waals surface area contributed by atoms with Gasteiger partial charge in [-0.15, -0.1) is 0 Å². The molecule has 0 spiro atoms. The first kappa shape index (κ1) is 34.8. The molecule has 3 heteroatoms. The molecule has 1 aliphatic carbocycles. The van der Waals surface area contributed by atoms with Crippen molar-refractivity contribution in [3.05, 3.63) is 185 Å². The average molecular weight is 720 g/mol. The maximum atomic E-state index is 14.5. The van der Waals surface area contributed by atoms with Crippen LogP contribution < -0.4 is 9.64 Å². The van der Waals surface area contributed by atoms with Crippen molar-refractivity contribution in [3.8, 4) is 28.0 Å². The van der Waals surface area contributed by atoms with Crippen LogP contribution in [0.15, 0.2) is 146 Å². The Kier molecular flexibility index (Phi) is 7.95. The van der Waals surface area contributed by atoms with E-state index in [2.05, 4.69) is 181 Å². The van der Waals surface area contributed by atoms with Crippen molar-refractivity contribution >= 4 is 33.9 Å². The molecule has 0 radical (unpaired) electrons. The molecule has 55 heavy (non-hydrogen) atoms. The number of benzene rings is 7. The summed E-state index contributed by atoms with van der Waals surface area (Å²) in [5, 5.41) is 2.31. The zero-order valence-electron chi connectivity index (χ0n) is 32.7. The fourth-order valence-corrected chi connectivity index (χ4v) is 8.55. The maximum absolute atomic E-state index is 14.5. The standard InChI is InChI=1S/C52H46FNO/c1-33-42-31-32-52(36-15-23-38(53)24-16-36,55-49(42)46-14-10-13-45-43-11-8-9-12-44(43)47(33)48(45)46)37-21-29-41(30-22-37)54(39-25-17-34(18-26-39)50(2,3)4)40-27-19-35(20-28-40)51(5,6)7/h8-32H,1-7H3. The Morgan fingerprint density at radius 1 is 0.545 bits per heavy atom. The van der Waals surface area contributed by atoms with Crippen LogP contribution in [0.1, 0.15) is 74.9 Å². The molecule has 2 aliphatic rings. The topological polar surface area (TPSA) is 12.5 Å². The van der Waals surface area contributed by atoms with Crippen molar-refractivity contribution in [1.29, 1.82) is 0 Å². The van der Waals surface area contributed by atoms with Crippen LogP contribution in [-0.4, -0.2) is 0 Å². The third-order valence-electron chi connectivity index (χ3n) is 11.6. The number of anilines is 3. The normalized spacial score (nSPS) is 15.8. The second-order valence-electron chi connectivity index (χ2n) is 17.2. The third kappa shape index (κ3) is 5.68. The van der Waals surface area contributed by atoms with Crippen LogP contribution in [0.25, 0.3) is 39.1 Å². The molecule has 9 rings (SSSR count). The lowest BCUT2D eigenvalue weighted by molar-refractivity contribution is 0.163. The van der Waals surface area contributed by atoms with Gasteiger partial charge in [0.1, 0.15) is 11.6 Å². The van der Waals surface area contributed by atoms with Crippen LogP contribution in [0.2, 0.25) is 0 Å². The van der Waals surface area contributed by atoms with Gasteiger partial charge in [0.05, 0.1) is 0 Å². The van der Waals surface area contributed by atoms with E-state index in [9.17, 15) is 4.39 Å². The molecule has 1 aliphatic heterocycles. The molecule has 0 saturated heterocycles. The van der Waals surface area contributed by atoms with Gasteiger partial charge in [-0.05, 0) is 111 Å². The van der Waals surface area contributed by atoms with Crippen molar-refractivity contribution in [3.63, 3.8) is 0 Å². The van der Waals surface area contributed by atoms with Crippen LogP contribution in [0, 0.1) is 12.7 Å². The highest BCUT2D eigenvalue weighted by Gasteiger charge is 2.40. The summed E-state index contributed by atoms with van der Waals surface area (Å²) in [4.78, 5) is 2.31. The van der Waals surface area contributed by atoms with E-state index in [1.807, 2.05) is 12.1 Å². The van der Waals surface area contributed by atoms with Gasteiger partial charge in [0.2, 0.25) is 0 Å². The van der Waals surface area contributed by atoms with Gasteiger partial charge in [0, 0.05) is 44.5 Å². The van der Waals surface area contributed by atoms with E-state index >= 15 is 0 Å². The molecule has 1 heterocycles. The lowest BCUT2D eigenvalue weighted by Crippen LogP contribution is -2.34. The number of hydrogen-bond acceptors (Lipinski definition) is 2. The van der Waals surface area contributed by atoms with Gasteiger partial charge in [-0.25, -0.2) is 4.39 Å². The molecule has 1 atom stereocenters. The molecule has 2 nitrogen and oxygen atoms in total. The van der Waals surface area contributed by atoms with Crippen LogP contribution in [-0.2, 0) is 16.4 Å². The second kappa shape index (κ2) is 12.6. The first-order chi connectivity index (χ1) is 26.3. The highest BCUT2D eigenvalue weighted by Crippen LogP contribution is 2.55. The monoisotopic (exact) mass is 719 g/mol. The summed E-state index contributed by atoms with van der Waals surface area (Å²) >= 11 is 0. The predicted octanol–water partition coefficient (Wildman–Crippen LogP) is 14.3. The Balaban J connectivity index is 1.18. The SMILES string of the molecule is Cc1c2c(c3cccc4c3c1-c1ccccc1-4)OC(c1ccc(F)cc1)(c1ccc(N(c3ccc(C(C)(C)C)cc3)c3ccc(C(C)(C)C)cc3)cc1)C=C2. The summed E-state index contributed by atoms with van der Waals surface area (Å²) in [5.74, 6) is 0.570. The molecule has 0 fully saturated rings. The van der Waals surface area contributed by atoms with E-state index in [1.165, 1.54) is 56.5 Å². The summed E-state index contributed by atoms with van der Waals surface area (Å²) in [5.41, 5.74) is 14.0. The number of fused-ring (bicyclic) bond motifs is 5. The Bertz CT molecular complexity index is 2560. The molecule has 0 bridgehead atoms. The van der Waals surface area contributed by atoms with Gasteiger partial charge in [0.25, 0.3) is 0 Å². The quantitative estimate of drug-likeness (QED) is 0.176. The summed E-state index contributed by atoms with van der Waals surface area (Å²) in [6.45, 7) is 15.7. The van der Waals surface area contributed by atoms with Crippen LogP contribution in [0.3, 0.4) is 0 Å². The summed E-state index contributed by atoms with van der Waals surface area (Å²) in [6, 6.07) is 48.4. The van der Waals surface area contributed by atoms with Crippen LogP contribution in [0.4, 0.5) is 21.5 Å². The lowest BCUT2D eigenvalue weighted by atomic mass is 9.82. The lowest BCUT2D eigenvalue weighted by Gasteiger charge is -2.37. The van der Waals surface area contributed by atoms with Gasteiger partial charge in [-0.1, -0.05) is 139 Å². The van der Waals surface area contributed by atoms with Gasteiger partial charge in [0.15, 0.2) is 5.60 Å². The minimum atomic E-state index is -0.995. The fraction of sp³-hybridized carbons (Fsp3) is 0.192. The van der Waals surface area contributed by atoms with Crippen LogP contribution in [0.5, 0.6) is 5.75 Å². The highest BCUT2D eigenvalue weighted by molar-refractivity contribution is 6.19. The minimum absolute atomic E-state index is 0.0505. The third-order valence-corrected chi connectivity index (χ3v) is 11.6. The largest absolute Gasteiger partial charge is 0.472 e. The van der Waals surface area contributed by atoms with Crippen molar-refractivity contribution in [2.75, 3.05) is 4.90 Å². The molecule has 0 amide bonds. The Morgan fingerprint density at radius 3 is 1.58 bits per heavy atom. The molecule has 0 saturated carbocycles. The fourth-order valence-electron chi connectivity index (χ4n) is 8.55. The van der Waals surface area contributed by atoms with E-state index in [1.54, 1.807) is 0 Å². The maximum Gasteiger partial charge on any atom is 0.178 e. The zero-order chi connectivity index (χ0) is 38.3. The smallest absolute Gasteiger partial charge is 0.178 e. The summed E-state index contributed by atoms with van der Waals surface area (Å²) < 4.78 is 21.9. The Morgan fingerprint density at radius 2 is 1.04 bits per heavy atom. The number of rotatable bonds is 5. The number of halogens is 1. The molecule has 0 aromatic heterocycles. The van der Waals surface area contributed by atoms with Gasteiger partial charge < -0.3 is 9.64 Å². The van der Waals surface area contributed by atoms with E-state index < -0.39 is 5.60 Å². The van der Waals surface area contributed by atoms with Gasteiger partial charge in [-0.2, -0.15) is 0 Å². The first-order valence-corrected chi connectivity index (χ1v) is 19.3. The number of hydrogen-bond donors (Lipinski definition) is 0. The highest BCUT2D eigenvalue weighted by atomic mass is 19.1. The number of nitrogens with zero attached hydrogens (tertiary/aromatic N) is 1. The number of ether oxygens (including phenoxy) is 1. The molecular weight excluding hydrogens is 674 g/mol. The van der Waals surface area contributed by atoms with E-state index in [-0.39, 0.29) is 16.6 Å². The van der Waals surface area contributed by atoms with Crippen LogP contribution >= 0.6 is 0 Å². The zero-order valence-corrected chi connectivity index (χ0v) is 32.7. The van der Waals surface area contributed by atoms with Gasteiger partial charge in [-0.3, -0.25) is 0 Å². The van der Waals surface area contributed by atoms with E-state index in [4.69, 9.17) is 4.74 Å². The average Bonchev–Trinajstić information content (AvgIpc) is 3.52. The summed E-state index contributed by atoms with van der Waals surface area (Å²) in [6.07, 6.45) is 4.37. The molecule has 0 N–H and O–H groups in total. The van der Waals surface area contributed by atoms with E-state index in [0.717, 1.165) is 44.9 Å². The predicted molar refractivity (Wildman–Crippen MR) is 228 cm³/mol.